The van der Waals surface area contributed by atoms with Gasteiger partial charge in [0.25, 0.3) is 0 Å². The third kappa shape index (κ3) is 26.7. The smallest absolute Gasteiger partial charge is 0.305 e. The molecule has 24 nitrogen and oxygen atoms in total. The fourth-order valence-corrected chi connectivity index (χ4v) is 9.83. The van der Waals surface area contributed by atoms with Crippen molar-refractivity contribution in [2.75, 3.05) is 178 Å². The van der Waals surface area contributed by atoms with Gasteiger partial charge in [0.2, 0.25) is 15.9 Å². The lowest BCUT2D eigenvalue weighted by atomic mass is 10.0. The number of guanidine groups is 1. The largest absolute Gasteiger partial charge is 0.481 e. The monoisotopic (exact) mass is 1180 g/mol. The minimum Gasteiger partial charge on any atom is -0.481 e. The number of aliphatic carboxylic acids is 1. The highest BCUT2D eigenvalue weighted by atomic mass is 32.2. The maximum absolute atomic E-state index is 14.2. The Kier molecular flexibility index (Phi) is 33.0. The van der Waals surface area contributed by atoms with E-state index in [0.717, 1.165) is 17.5 Å². The van der Waals surface area contributed by atoms with E-state index >= 15 is 0 Å². The molecule has 2 aliphatic heterocycles. The number of amidine groups is 1. The van der Waals surface area contributed by atoms with Crippen molar-refractivity contribution in [3.8, 4) is 17.2 Å². The molecule has 0 radical (unpaired) electrons. The summed E-state index contributed by atoms with van der Waals surface area (Å²) in [6, 6.07) is 21.5. The van der Waals surface area contributed by atoms with E-state index in [1.54, 1.807) is 36.4 Å². The predicted octanol–water partition coefficient (Wildman–Crippen LogP) is 3.75. The first-order valence-corrected chi connectivity index (χ1v) is 29.7. The molecule has 0 spiro atoms. The molecule has 3 aromatic rings. The Morgan fingerprint density at radius 2 is 1.24 bits per heavy atom. The molecular weight excluding hydrogens is 1100 g/mol. The van der Waals surface area contributed by atoms with Crippen LogP contribution in [0.1, 0.15) is 43.7 Å². The average Bonchev–Trinajstić information content (AvgIpc) is 3.38. The number of carboxylic acid groups (broad SMARTS) is 1. The summed E-state index contributed by atoms with van der Waals surface area (Å²) in [7, 11) is -3.71. The second-order valence-electron chi connectivity index (χ2n) is 19.0. The summed E-state index contributed by atoms with van der Waals surface area (Å²) < 4.78 is 82.9. The van der Waals surface area contributed by atoms with E-state index in [1.807, 2.05) is 48.2 Å². The standard InChI is InChI=1S/C58H84N8O16S/c1-2-15-65(57(70)51-38-50-11-10-49(40-54(50)64-55(60)41-51)48-7-4-9-53(39-48)83(71,72)66-43-47(44-66)45-67)16-5-13-61-58(63-52-8-3-6-46(37-52)42-59)62-14-18-74-20-22-76-24-26-78-28-30-80-32-34-82-36-35-81-33-31-79-29-27-77-25-23-75-21-19-73-17-12-56(68)69/h3-4,6-11,37-40,47,67H,2,5,12-36,41,43-45H2,1H3,(H2,60,64)(H,68,69)(H2,61,62,63). The molecular formula is C58H84N8O16S. The summed E-state index contributed by atoms with van der Waals surface area (Å²) >= 11 is 0. The number of nitrogens with one attached hydrogen (secondary N) is 2. The number of hydrogen-bond acceptors (Lipinski definition) is 19. The number of benzene rings is 3. The van der Waals surface area contributed by atoms with Crippen molar-refractivity contribution < 1.29 is 75.6 Å². The zero-order chi connectivity index (χ0) is 59.2. The van der Waals surface area contributed by atoms with Crippen LogP contribution in [0.5, 0.6) is 0 Å². The predicted molar refractivity (Wildman–Crippen MR) is 311 cm³/mol. The topological polar surface area (TPSA) is 306 Å². The maximum Gasteiger partial charge on any atom is 0.305 e. The van der Waals surface area contributed by atoms with Crippen LogP contribution in [0.25, 0.3) is 17.2 Å². The fourth-order valence-electron chi connectivity index (χ4n) is 8.19. The van der Waals surface area contributed by atoms with Crippen LogP contribution in [-0.4, -0.2) is 230 Å². The lowest BCUT2D eigenvalue weighted by Crippen LogP contribution is -2.51. The highest BCUT2D eigenvalue weighted by Crippen LogP contribution is 2.34. The van der Waals surface area contributed by atoms with Gasteiger partial charge < -0.3 is 78.8 Å². The van der Waals surface area contributed by atoms with E-state index in [1.165, 1.54) is 4.31 Å². The number of sulfonamides is 1. The first-order chi connectivity index (χ1) is 40.5. The van der Waals surface area contributed by atoms with Crippen LogP contribution in [-0.2, 0) is 67.0 Å². The van der Waals surface area contributed by atoms with Gasteiger partial charge >= 0.3 is 5.97 Å². The fraction of sp³-hybridized carbons (Fsp3) is 0.569. The summed E-state index contributed by atoms with van der Waals surface area (Å²) in [5.41, 5.74) is 10.8. The average molecular weight is 1180 g/mol. The molecule has 2 aliphatic rings. The minimum atomic E-state index is -3.71. The molecule has 0 aliphatic carbocycles. The molecule has 3 aromatic carbocycles. The van der Waals surface area contributed by atoms with Crippen molar-refractivity contribution in [3.05, 3.63) is 83.4 Å². The van der Waals surface area contributed by atoms with E-state index in [4.69, 9.17) is 63.2 Å². The molecule has 83 heavy (non-hydrogen) atoms. The zero-order valence-corrected chi connectivity index (χ0v) is 48.6. The number of carbonyl (C=O) groups is 2. The molecule has 0 unspecified atom stereocenters. The summed E-state index contributed by atoms with van der Waals surface area (Å²) in [5.74, 6) is -0.293. The van der Waals surface area contributed by atoms with Crippen LogP contribution in [0.4, 0.5) is 11.4 Å². The lowest BCUT2D eigenvalue weighted by molar-refractivity contribution is -0.138. The maximum atomic E-state index is 14.2. The summed E-state index contributed by atoms with van der Waals surface area (Å²) in [4.78, 5) is 36.0. The zero-order valence-electron chi connectivity index (χ0n) is 47.8. The quantitative estimate of drug-likeness (QED) is 0.0306. The number of aliphatic hydroxyl groups is 1. The number of carbonyl (C=O) groups excluding carboxylic acids is 1. The van der Waals surface area contributed by atoms with Crippen molar-refractivity contribution in [2.45, 2.75) is 37.5 Å². The molecule has 0 aromatic heterocycles. The van der Waals surface area contributed by atoms with Gasteiger partial charge in [0, 0.05) is 69.4 Å². The van der Waals surface area contributed by atoms with Gasteiger partial charge in [-0.15, -0.1) is 0 Å². The number of ether oxygens (including phenoxy) is 10. The number of nitrogens with two attached hydrogens (primary N) is 1. The van der Waals surface area contributed by atoms with Gasteiger partial charge in [0.15, 0.2) is 5.96 Å². The molecule has 1 fully saturated rings. The molecule has 458 valence electrons. The molecule has 0 atom stereocenters. The number of aliphatic imine (C=N–C) groups is 2. The van der Waals surface area contributed by atoms with Crippen molar-refractivity contribution in [1.82, 2.24) is 19.8 Å². The summed E-state index contributed by atoms with van der Waals surface area (Å²) in [5, 5.41) is 34.1. The van der Waals surface area contributed by atoms with Gasteiger partial charge in [-0.3, -0.25) is 9.59 Å². The van der Waals surface area contributed by atoms with Crippen LogP contribution < -0.4 is 16.4 Å². The minimum absolute atomic E-state index is 0.0195. The van der Waals surface area contributed by atoms with Gasteiger partial charge in [-0.2, -0.15) is 9.57 Å². The van der Waals surface area contributed by atoms with Crippen LogP contribution in [0.2, 0.25) is 0 Å². The Labute approximate surface area is 487 Å². The molecule has 6 N–H and O–H groups in total. The van der Waals surface area contributed by atoms with Crippen molar-refractivity contribution in [3.63, 3.8) is 0 Å². The molecule has 2 heterocycles. The van der Waals surface area contributed by atoms with E-state index in [2.05, 4.69) is 21.7 Å². The third-order valence-corrected chi connectivity index (χ3v) is 14.3. The third-order valence-electron chi connectivity index (χ3n) is 12.5. The van der Waals surface area contributed by atoms with E-state index < -0.39 is 16.0 Å². The molecule has 0 saturated carbocycles. The Morgan fingerprint density at radius 3 is 1.78 bits per heavy atom. The lowest BCUT2D eigenvalue weighted by Gasteiger charge is -2.36. The van der Waals surface area contributed by atoms with Crippen LogP contribution in [0.3, 0.4) is 0 Å². The normalized spacial score (nSPS) is 13.8. The van der Waals surface area contributed by atoms with E-state index in [0.29, 0.717) is 192 Å². The Balaban J connectivity index is 0.905. The second kappa shape index (κ2) is 40.3. The number of nitriles is 1. The van der Waals surface area contributed by atoms with Gasteiger partial charge in [-0.25, -0.2) is 18.4 Å². The molecule has 25 heteroatoms. The summed E-state index contributed by atoms with van der Waals surface area (Å²) in [6.45, 7) is 12.7. The molecule has 0 bridgehead atoms. The molecule has 1 amide bonds. The number of amides is 1. The Morgan fingerprint density at radius 1 is 0.711 bits per heavy atom. The SMILES string of the molecule is CCCN(CCCN/C(=N/c1cccc(C#N)c1)NCCOCCOCCOCCOCCOCCOCCOCCOCCOCCOCCC(=O)O)C(=O)C1=Cc2ccc(-c3cccc(S(=O)(=O)N4CC(CO)C4)c3)cc2N=C(N)C1. The molecule has 1 saturated heterocycles. The van der Waals surface area contributed by atoms with Crippen LogP contribution >= 0.6 is 0 Å². The van der Waals surface area contributed by atoms with Crippen LogP contribution in [0.15, 0.2) is 87.2 Å². The first kappa shape index (κ1) is 67.8. The molecule has 5 rings (SSSR count). The second-order valence-corrected chi connectivity index (χ2v) is 20.9. The van der Waals surface area contributed by atoms with Gasteiger partial charge in [-0.1, -0.05) is 37.3 Å². The Hall–Kier alpha value is -5.96. The number of nitrogens with zero attached hydrogens (tertiary/aromatic N) is 5. The van der Waals surface area contributed by atoms with Crippen molar-refractivity contribution in [1.29, 1.82) is 5.26 Å². The van der Waals surface area contributed by atoms with E-state index in [9.17, 15) is 28.4 Å². The number of fused-ring (bicyclic) bond motifs is 1. The van der Waals surface area contributed by atoms with E-state index in [-0.39, 0.29) is 61.7 Å². The van der Waals surface area contributed by atoms with Gasteiger partial charge in [0.05, 0.1) is 166 Å². The van der Waals surface area contributed by atoms with Crippen molar-refractivity contribution >= 4 is 51.1 Å². The number of carboxylic acids is 1. The number of hydrogen-bond donors (Lipinski definition) is 5. The summed E-state index contributed by atoms with van der Waals surface area (Å²) in [6.07, 6.45) is 3.33. The Bertz CT molecular complexity index is 2630. The number of aliphatic hydroxyl groups excluding tert-OH is 1. The number of rotatable bonds is 45. The van der Waals surface area contributed by atoms with Gasteiger partial charge in [-0.05, 0) is 66.4 Å². The van der Waals surface area contributed by atoms with Crippen LogP contribution in [0, 0.1) is 17.2 Å². The highest BCUT2D eigenvalue weighted by molar-refractivity contribution is 7.89. The highest BCUT2D eigenvalue weighted by Gasteiger charge is 2.36. The van der Waals surface area contributed by atoms with Crippen molar-refractivity contribution in [2.24, 2.45) is 21.6 Å². The van der Waals surface area contributed by atoms with Gasteiger partial charge in [0.1, 0.15) is 5.84 Å². The first-order valence-electron chi connectivity index (χ1n) is 28.2.